The first-order valence-electron chi connectivity index (χ1n) is 8.95. The molecule has 0 radical (unpaired) electrons. The van der Waals surface area contributed by atoms with E-state index in [2.05, 4.69) is 5.32 Å². The number of hydrogen-bond acceptors (Lipinski definition) is 4. The van der Waals surface area contributed by atoms with Crippen molar-refractivity contribution in [3.8, 4) is 5.75 Å². The van der Waals surface area contributed by atoms with E-state index < -0.39 is 6.04 Å². The molecule has 2 aromatic carbocycles. The Labute approximate surface area is 159 Å². The molecule has 1 heterocycles. The van der Waals surface area contributed by atoms with Crippen LogP contribution in [0.3, 0.4) is 0 Å². The highest BCUT2D eigenvalue weighted by atomic mass is 16.5. The van der Waals surface area contributed by atoms with E-state index in [1.54, 1.807) is 25.2 Å². The molecule has 0 bridgehead atoms. The van der Waals surface area contributed by atoms with Crippen LogP contribution in [0, 0.1) is 0 Å². The molecule has 3 rings (SSSR count). The first-order chi connectivity index (χ1) is 13.2. The summed E-state index contributed by atoms with van der Waals surface area (Å²) in [6.07, 6.45) is 0.725. The minimum absolute atomic E-state index is 0.126. The van der Waals surface area contributed by atoms with Gasteiger partial charge in [-0.3, -0.25) is 9.59 Å². The van der Waals surface area contributed by atoms with Crippen LogP contribution in [0.2, 0.25) is 0 Å². The van der Waals surface area contributed by atoms with Crippen molar-refractivity contribution >= 4 is 11.8 Å². The molecule has 6 heteroatoms. The monoisotopic (exact) mass is 368 g/mol. The Morgan fingerprint density at radius 2 is 1.85 bits per heavy atom. The molecule has 1 unspecified atom stereocenters. The maximum absolute atomic E-state index is 12.9. The van der Waals surface area contributed by atoms with Gasteiger partial charge in [-0.05, 0) is 35.7 Å². The molecule has 1 N–H and O–H groups in total. The van der Waals surface area contributed by atoms with Gasteiger partial charge in [0.25, 0.3) is 5.91 Å². The number of carbonyl (C=O) groups is 2. The lowest BCUT2D eigenvalue weighted by Gasteiger charge is -2.25. The number of ether oxygens (including phenoxy) is 2. The number of fused-ring (bicyclic) bond motifs is 1. The molecule has 0 aromatic heterocycles. The van der Waals surface area contributed by atoms with Crippen molar-refractivity contribution in [1.82, 2.24) is 10.2 Å². The van der Waals surface area contributed by atoms with Gasteiger partial charge in [-0.25, -0.2) is 0 Å². The van der Waals surface area contributed by atoms with Crippen LogP contribution in [0.25, 0.3) is 0 Å². The fourth-order valence-electron chi connectivity index (χ4n) is 3.27. The lowest BCUT2D eigenvalue weighted by molar-refractivity contribution is -0.125. The number of nitrogens with zero attached hydrogens (tertiary/aromatic N) is 1. The zero-order chi connectivity index (χ0) is 19.2. The van der Waals surface area contributed by atoms with Crippen LogP contribution in [0.5, 0.6) is 5.75 Å². The van der Waals surface area contributed by atoms with Gasteiger partial charge in [0.2, 0.25) is 5.91 Å². The molecule has 2 aromatic rings. The molecule has 0 fully saturated rings. The van der Waals surface area contributed by atoms with E-state index in [4.69, 9.17) is 9.47 Å². The quantitative estimate of drug-likeness (QED) is 0.727. The number of benzene rings is 2. The number of nitrogens with one attached hydrogen (secondary N) is 1. The van der Waals surface area contributed by atoms with Crippen LogP contribution in [0.4, 0.5) is 0 Å². The molecular weight excluding hydrogens is 344 g/mol. The molecule has 1 aliphatic rings. The number of amides is 2. The second kappa shape index (κ2) is 8.68. The zero-order valence-electron chi connectivity index (χ0n) is 15.6. The molecule has 1 atom stereocenters. The van der Waals surface area contributed by atoms with Crippen molar-refractivity contribution in [2.75, 3.05) is 27.4 Å². The lowest BCUT2D eigenvalue weighted by Crippen LogP contribution is -2.39. The Hall–Kier alpha value is -2.86. The molecule has 27 heavy (non-hydrogen) atoms. The summed E-state index contributed by atoms with van der Waals surface area (Å²) in [6, 6.07) is 14.2. The molecule has 1 aliphatic heterocycles. The van der Waals surface area contributed by atoms with Crippen molar-refractivity contribution in [1.29, 1.82) is 0 Å². The summed E-state index contributed by atoms with van der Waals surface area (Å²) in [5.41, 5.74) is 2.28. The zero-order valence-corrected chi connectivity index (χ0v) is 15.6. The van der Waals surface area contributed by atoms with E-state index in [9.17, 15) is 9.59 Å². The van der Waals surface area contributed by atoms with Gasteiger partial charge in [-0.15, -0.1) is 0 Å². The molecule has 0 spiro atoms. The summed E-state index contributed by atoms with van der Waals surface area (Å²) < 4.78 is 10.2. The molecule has 0 aliphatic carbocycles. The Morgan fingerprint density at radius 3 is 2.56 bits per heavy atom. The topological polar surface area (TPSA) is 67.9 Å². The van der Waals surface area contributed by atoms with Gasteiger partial charge in [-0.1, -0.05) is 30.3 Å². The van der Waals surface area contributed by atoms with Crippen molar-refractivity contribution in [2.24, 2.45) is 0 Å². The van der Waals surface area contributed by atoms with Crippen LogP contribution in [-0.2, 0) is 16.1 Å². The third-order valence-corrected chi connectivity index (χ3v) is 4.64. The highest BCUT2D eigenvalue weighted by Crippen LogP contribution is 2.35. The van der Waals surface area contributed by atoms with Gasteiger partial charge < -0.3 is 19.7 Å². The van der Waals surface area contributed by atoms with Gasteiger partial charge in [0.1, 0.15) is 11.8 Å². The predicted molar refractivity (Wildman–Crippen MR) is 102 cm³/mol. The van der Waals surface area contributed by atoms with E-state index in [0.717, 1.165) is 23.3 Å². The minimum Gasteiger partial charge on any atom is -0.497 e. The Kier molecular flexibility index (Phi) is 6.08. The van der Waals surface area contributed by atoms with Gasteiger partial charge in [0, 0.05) is 32.4 Å². The smallest absolute Gasteiger partial charge is 0.255 e. The van der Waals surface area contributed by atoms with Gasteiger partial charge in [0.15, 0.2) is 0 Å². The van der Waals surface area contributed by atoms with E-state index in [1.807, 2.05) is 42.5 Å². The lowest BCUT2D eigenvalue weighted by atomic mass is 10.0. The van der Waals surface area contributed by atoms with Crippen LogP contribution in [0.1, 0.15) is 33.9 Å². The third-order valence-electron chi connectivity index (χ3n) is 4.64. The van der Waals surface area contributed by atoms with E-state index >= 15 is 0 Å². The Bertz CT molecular complexity index is 804. The summed E-state index contributed by atoms with van der Waals surface area (Å²) in [5, 5.41) is 2.92. The Balaban J connectivity index is 1.81. The number of methoxy groups -OCH3 is 2. The summed E-state index contributed by atoms with van der Waals surface area (Å²) in [4.78, 5) is 27.4. The number of carbonyl (C=O) groups excluding carboxylic acids is 2. The van der Waals surface area contributed by atoms with E-state index in [0.29, 0.717) is 25.3 Å². The normalized spacial score (nSPS) is 15.6. The largest absolute Gasteiger partial charge is 0.497 e. The second-order valence-corrected chi connectivity index (χ2v) is 6.41. The summed E-state index contributed by atoms with van der Waals surface area (Å²) in [7, 11) is 3.24. The fraction of sp³-hybridized carbons (Fsp3) is 0.333. The molecule has 0 saturated carbocycles. The van der Waals surface area contributed by atoms with Gasteiger partial charge in [0.05, 0.1) is 7.11 Å². The average molecular weight is 368 g/mol. The number of hydrogen-bond donors (Lipinski definition) is 1. The SMILES string of the molecule is COCCCNC(=O)C1c2ccccc2C(=O)N1Cc1ccc(OC)cc1. The maximum Gasteiger partial charge on any atom is 0.255 e. The van der Waals surface area contributed by atoms with Crippen LogP contribution >= 0.6 is 0 Å². The summed E-state index contributed by atoms with van der Waals surface area (Å²) in [5.74, 6) is 0.457. The van der Waals surface area contributed by atoms with Gasteiger partial charge >= 0.3 is 0 Å². The van der Waals surface area contributed by atoms with E-state index in [-0.39, 0.29) is 11.8 Å². The standard InChI is InChI=1S/C21H24N2O4/c1-26-13-5-12-22-20(24)19-17-6-3-4-7-18(17)21(25)23(19)14-15-8-10-16(27-2)11-9-15/h3-4,6-11,19H,5,12-14H2,1-2H3,(H,22,24). The van der Waals surface area contributed by atoms with Crippen molar-refractivity contribution < 1.29 is 19.1 Å². The molecule has 2 amide bonds. The van der Waals surface area contributed by atoms with Crippen molar-refractivity contribution in [3.63, 3.8) is 0 Å². The van der Waals surface area contributed by atoms with Crippen LogP contribution in [-0.4, -0.2) is 44.1 Å². The molecule has 142 valence electrons. The highest BCUT2D eigenvalue weighted by Gasteiger charge is 2.40. The summed E-state index contributed by atoms with van der Waals surface area (Å²) in [6.45, 7) is 1.44. The Morgan fingerprint density at radius 1 is 1.11 bits per heavy atom. The van der Waals surface area contributed by atoms with E-state index in [1.165, 1.54) is 0 Å². The van der Waals surface area contributed by atoms with Crippen molar-refractivity contribution in [2.45, 2.75) is 19.0 Å². The first kappa shape index (κ1) is 18.9. The third kappa shape index (κ3) is 4.11. The molecule has 0 saturated heterocycles. The summed E-state index contributed by atoms with van der Waals surface area (Å²) >= 11 is 0. The molecular formula is C21H24N2O4. The average Bonchev–Trinajstić information content (AvgIpc) is 2.98. The second-order valence-electron chi connectivity index (χ2n) is 6.41. The molecule has 6 nitrogen and oxygen atoms in total. The predicted octanol–water partition coefficient (Wildman–Crippen LogP) is 2.55. The fourth-order valence-corrected chi connectivity index (χ4v) is 3.27. The van der Waals surface area contributed by atoms with Gasteiger partial charge in [-0.2, -0.15) is 0 Å². The first-order valence-corrected chi connectivity index (χ1v) is 8.95. The van der Waals surface area contributed by atoms with Crippen LogP contribution in [0.15, 0.2) is 48.5 Å². The van der Waals surface area contributed by atoms with Crippen LogP contribution < -0.4 is 10.1 Å². The maximum atomic E-state index is 12.9. The van der Waals surface area contributed by atoms with Crippen molar-refractivity contribution in [3.05, 3.63) is 65.2 Å². The highest BCUT2D eigenvalue weighted by molar-refractivity contribution is 6.04. The minimum atomic E-state index is -0.627. The number of rotatable bonds is 8.